The van der Waals surface area contributed by atoms with E-state index in [1.165, 1.54) is 4.90 Å². The van der Waals surface area contributed by atoms with Crippen LogP contribution in [-0.2, 0) is 0 Å². The number of fused-ring (bicyclic) bond motifs is 1. The fourth-order valence-electron chi connectivity index (χ4n) is 1.28. The van der Waals surface area contributed by atoms with Gasteiger partial charge >= 0.3 is 0 Å². The van der Waals surface area contributed by atoms with Gasteiger partial charge in [0.05, 0.1) is 5.56 Å². The molecule has 0 aromatic carbocycles. The molecule has 4 heteroatoms. The number of hydrogen-bond donors (Lipinski definition) is 1. The second-order valence-corrected chi connectivity index (χ2v) is 4.29. The number of carbonyl (C=O) groups is 1. The van der Waals surface area contributed by atoms with Crippen molar-refractivity contribution in [3.63, 3.8) is 0 Å². The first-order chi connectivity index (χ1) is 6.09. The minimum Gasteiger partial charge on any atom is -0.333 e. The van der Waals surface area contributed by atoms with Crippen LogP contribution < -0.4 is 5.32 Å². The zero-order chi connectivity index (χ0) is 9.59. The molecule has 1 aromatic rings. The van der Waals surface area contributed by atoms with Crippen LogP contribution in [0.2, 0.25) is 0 Å². The molecule has 68 valence electrons. The smallest absolute Gasteiger partial charge is 0.262 e. The van der Waals surface area contributed by atoms with Crippen LogP contribution in [0.5, 0.6) is 0 Å². The fraction of sp³-hybridized carbons (Fsp3) is 0.222. The van der Waals surface area contributed by atoms with Crippen LogP contribution in [-0.4, -0.2) is 17.9 Å². The van der Waals surface area contributed by atoms with Gasteiger partial charge in [0.15, 0.2) is 0 Å². The molecule has 1 amide bonds. The molecule has 0 radical (unpaired) electrons. The van der Waals surface area contributed by atoms with Crippen molar-refractivity contribution < 1.29 is 4.79 Å². The minimum atomic E-state index is 0.0168. The van der Waals surface area contributed by atoms with Gasteiger partial charge < -0.3 is 5.32 Å². The summed E-state index contributed by atoms with van der Waals surface area (Å²) in [5, 5.41) is 4.00. The Hall–Kier alpha value is -1.29. The molecule has 0 fully saturated rings. The van der Waals surface area contributed by atoms with Crippen LogP contribution in [0.3, 0.4) is 0 Å². The summed E-state index contributed by atoms with van der Waals surface area (Å²) in [6.45, 7) is 5.74. The SMILES string of the molecule is C=C1Nc2sc(C)cc2C(=O)N1C. The molecule has 3 nitrogen and oxygen atoms in total. The van der Waals surface area contributed by atoms with Gasteiger partial charge in [0, 0.05) is 11.9 Å². The molecule has 0 unspecified atom stereocenters. The molecular weight excluding hydrogens is 184 g/mol. The number of nitrogens with one attached hydrogen (secondary N) is 1. The number of aryl methyl sites for hydroxylation is 1. The van der Waals surface area contributed by atoms with Gasteiger partial charge in [-0.15, -0.1) is 11.3 Å². The van der Waals surface area contributed by atoms with E-state index in [1.54, 1.807) is 18.4 Å². The number of nitrogens with zero attached hydrogens (tertiary/aromatic N) is 1. The van der Waals surface area contributed by atoms with Crippen molar-refractivity contribution >= 4 is 22.2 Å². The topological polar surface area (TPSA) is 32.3 Å². The first kappa shape index (κ1) is 8.31. The van der Waals surface area contributed by atoms with E-state index in [9.17, 15) is 4.79 Å². The third kappa shape index (κ3) is 1.14. The van der Waals surface area contributed by atoms with E-state index >= 15 is 0 Å². The van der Waals surface area contributed by atoms with Crippen molar-refractivity contribution in [3.8, 4) is 0 Å². The minimum absolute atomic E-state index is 0.0168. The Bertz CT molecular complexity index is 394. The Morgan fingerprint density at radius 2 is 2.31 bits per heavy atom. The highest BCUT2D eigenvalue weighted by molar-refractivity contribution is 7.16. The molecule has 0 bridgehead atoms. The van der Waals surface area contributed by atoms with Gasteiger partial charge in [0.2, 0.25) is 0 Å². The Balaban J connectivity index is 2.54. The molecule has 13 heavy (non-hydrogen) atoms. The van der Waals surface area contributed by atoms with E-state index in [-0.39, 0.29) is 5.91 Å². The van der Waals surface area contributed by atoms with Crippen LogP contribution in [0.25, 0.3) is 0 Å². The highest BCUT2D eigenvalue weighted by Crippen LogP contribution is 2.33. The zero-order valence-corrected chi connectivity index (χ0v) is 8.36. The van der Waals surface area contributed by atoms with Gasteiger partial charge in [0.1, 0.15) is 10.8 Å². The molecule has 1 aromatic heterocycles. The molecular formula is C9H10N2OS. The summed E-state index contributed by atoms with van der Waals surface area (Å²) in [7, 11) is 1.72. The lowest BCUT2D eigenvalue weighted by atomic mass is 10.2. The second-order valence-electron chi connectivity index (χ2n) is 3.04. The molecule has 0 atom stereocenters. The van der Waals surface area contributed by atoms with Crippen molar-refractivity contribution in [1.82, 2.24) is 4.90 Å². The van der Waals surface area contributed by atoms with Gasteiger partial charge in [-0.1, -0.05) is 6.58 Å². The standard InChI is InChI=1S/C9H10N2OS/c1-5-4-7-8(13-5)10-6(2)11(3)9(7)12/h4,10H,2H2,1,3H3. The van der Waals surface area contributed by atoms with Crippen LogP contribution in [0.4, 0.5) is 5.00 Å². The lowest BCUT2D eigenvalue weighted by molar-refractivity contribution is 0.0834. The van der Waals surface area contributed by atoms with E-state index < -0.39 is 0 Å². The van der Waals surface area contributed by atoms with Crippen LogP contribution in [0, 0.1) is 6.92 Å². The summed E-state index contributed by atoms with van der Waals surface area (Å²) in [4.78, 5) is 14.3. The molecule has 0 aliphatic carbocycles. The number of anilines is 1. The van der Waals surface area contributed by atoms with E-state index in [4.69, 9.17) is 0 Å². The van der Waals surface area contributed by atoms with Gasteiger partial charge in [-0.25, -0.2) is 0 Å². The summed E-state index contributed by atoms with van der Waals surface area (Å²) >= 11 is 1.58. The van der Waals surface area contributed by atoms with E-state index in [0.717, 1.165) is 15.4 Å². The predicted octanol–water partition coefficient (Wildman–Crippen LogP) is 2.03. The lowest BCUT2D eigenvalue weighted by Crippen LogP contribution is -2.33. The number of rotatable bonds is 0. The van der Waals surface area contributed by atoms with Crippen molar-refractivity contribution in [3.05, 3.63) is 28.9 Å². The van der Waals surface area contributed by atoms with Gasteiger partial charge in [-0.3, -0.25) is 9.69 Å². The number of hydrogen-bond acceptors (Lipinski definition) is 3. The number of thiophene rings is 1. The molecule has 1 aliphatic rings. The third-order valence-electron chi connectivity index (χ3n) is 2.05. The normalized spacial score (nSPS) is 15.7. The average Bonchev–Trinajstić information content (AvgIpc) is 2.42. The average molecular weight is 194 g/mol. The largest absolute Gasteiger partial charge is 0.333 e. The van der Waals surface area contributed by atoms with Crippen LogP contribution in [0.15, 0.2) is 18.5 Å². The summed E-state index contributed by atoms with van der Waals surface area (Å²) in [6.07, 6.45) is 0. The molecule has 2 rings (SSSR count). The maximum atomic E-state index is 11.7. The van der Waals surface area contributed by atoms with Gasteiger partial charge in [-0.05, 0) is 13.0 Å². The molecule has 0 saturated carbocycles. The highest BCUT2D eigenvalue weighted by atomic mass is 32.1. The van der Waals surface area contributed by atoms with E-state index in [0.29, 0.717) is 5.82 Å². The summed E-state index contributed by atoms with van der Waals surface area (Å²) in [6, 6.07) is 1.90. The second kappa shape index (κ2) is 2.60. The lowest BCUT2D eigenvalue weighted by Gasteiger charge is -2.25. The van der Waals surface area contributed by atoms with Crippen LogP contribution >= 0.6 is 11.3 Å². The molecule has 1 aliphatic heterocycles. The summed E-state index contributed by atoms with van der Waals surface area (Å²) in [5.74, 6) is 0.655. The zero-order valence-electron chi connectivity index (χ0n) is 7.55. The molecule has 0 saturated heterocycles. The Labute approximate surface area is 80.7 Å². The molecule has 0 spiro atoms. The number of amides is 1. The Morgan fingerprint density at radius 1 is 1.62 bits per heavy atom. The van der Waals surface area contributed by atoms with Crippen molar-refractivity contribution in [2.45, 2.75) is 6.92 Å². The maximum absolute atomic E-state index is 11.7. The quantitative estimate of drug-likeness (QED) is 0.685. The summed E-state index contributed by atoms with van der Waals surface area (Å²) < 4.78 is 0. The first-order valence-electron chi connectivity index (χ1n) is 3.94. The van der Waals surface area contributed by atoms with Gasteiger partial charge in [-0.2, -0.15) is 0 Å². The maximum Gasteiger partial charge on any atom is 0.262 e. The van der Waals surface area contributed by atoms with Gasteiger partial charge in [0.25, 0.3) is 5.91 Å². The van der Waals surface area contributed by atoms with Crippen LogP contribution in [0.1, 0.15) is 15.2 Å². The van der Waals surface area contributed by atoms with E-state index in [2.05, 4.69) is 11.9 Å². The first-order valence-corrected chi connectivity index (χ1v) is 4.75. The molecule has 1 N–H and O–H groups in total. The van der Waals surface area contributed by atoms with Crippen molar-refractivity contribution in [2.75, 3.05) is 12.4 Å². The van der Waals surface area contributed by atoms with Crippen molar-refractivity contribution in [1.29, 1.82) is 0 Å². The Kier molecular flexibility index (Phi) is 1.66. The highest BCUT2D eigenvalue weighted by Gasteiger charge is 2.25. The monoisotopic (exact) mass is 194 g/mol. The predicted molar refractivity (Wildman–Crippen MR) is 53.9 cm³/mol. The third-order valence-corrected chi connectivity index (χ3v) is 3.02. The summed E-state index contributed by atoms with van der Waals surface area (Å²) in [5.41, 5.74) is 0.748. The number of carbonyl (C=O) groups excluding carboxylic acids is 1. The Morgan fingerprint density at radius 3 is 3.00 bits per heavy atom. The van der Waals surface area contributed by atoms with Crippen molar-refractivity contribution in [2.24, 2.45) is 0 Å². The fourth-order valence-corrected chi connectivity index (χ4v) is 2.21. The molecule has 2 heterocycles. The van der Waals surface area contributed by atoms with E-state index in [1.807, 2.05) is 13.0 Å².